The van der Waals surface area contributed by atoms with Crippen LogP contribution in [0.5, 0.6) is 0 Å². The fourth-order valence-electron chi connectivity index (χ4n) is 2.60. The van der Waals surface area contributed by atoms with Crippen LogP contribution in [0.2, 0.25) is 0 Å². The smallest absolute Gasteiger partial charge is 0.302 e. The number of benzene rings is 1. The number of rotatable bonds is 4. The topological polar surface area (TPSA) is 54.5 Å². The molecule has 0 bridgehead atoms. The van der Waals surface area contributed by atoms with E-state index in [-0.39, 0.29) is 24.9 Å². The van der Waals surface area contributed by atoms with Crippen LogP contribution in [0.15, 0.2) is 24.3 Å². The Bertz CT molecular complexity index is 597. The van der Waals surface area contributed by atoms with Crippen LogP contribution in [0.3, 0.4) is 0 Å². The molecule has 20 heavy (non-hydrogen) atoms. The van der Waals surface area contributed by atoms with Crippen molar-refractivity contribution in [3.8, 4) is 0 Å². The van der Waals surface area contributed by atoms with Crippen LogP contribution >= 0.6 is 0 Å². The van der Waals surface area contributed by atoms with Gasteiger partial charge in [-0.2, -0.15) is 8.42 Å². The second-order valence-electron chi connectivity index (χ2n) is 5.41. The third-order valence-electron chi connectivity index (χ3n) is 3.70. The van der Waals surface area contributed by atoms with Crippen LogP contribution in [0.25, 0.3) is 0 Å². The number of hydrogen-bond donors (Lipinski definition) is 0. The summed E-state index contributed by atoms with van der Waals surface area (Å²) in [7, 11) is -4.53. The zero-order valence-corrected chi connectivity index (χ0v) is 12.4. The number of carbonyl (C=O) groups is 1. The lowest BCUT2D eigenvalue weighted by atomic mass is 10.1. The molecule has 2 atom stereocenters. The molecule has 2 unspecified atom stereocenters. The Labute approximate surface area is 118 Å². The minimum atomic E-state index is -4.53. The van der Waals surface area contributed by atoms with Crippen LogP contribution in [0, 0.1) is 12.8 Å². The van der Waals surface area contributed by atoms with E-state index in [9.17, 15) is 17.1 Å². The molecule has 1 aliphatic heterocycles. The summed E-state index contributed by atoms with van der Waals surface area (Å²) in [6.45, 7) is 4.17. The minimum absolute atomic E-state index is 0.0966. The monoisotopic (exact) mass is 299 g/mol. The molecule has 0 aliphatic carbocycles. The van der Waals surface area contributed by atoms with Gasteiger partial charge >= 0.3 is 10.2 Å². The van der Waals surface area contributed by atoms with Crippen molar-refractivity contribution in [3.63, 3.8) is 0 Å². The first kappa shape index (κ1) is 15.0. The Balaban J connectivity index is 2.09. The number of hydrogen-bond acceptors (Lipinski definition) is 3. The van der Waals surface area contributed by atoms with Gasteiger partial charge in [-0.05, 0) is 19.4 Å². The van der Waals surface area contributed by atoms with Gasteiger partial charge in [-0.3, -0.25) is 4.79 Å². The highest BCUT2D eigenvalue weighted by Gasteiger charge is 2.35. The number of carbonyl (C=O) groups excluding carboxylic acids is 1. The molecule has 110 valence electrons. The third-order valence-corrected chi connectivity index (χ3v) is 4.57. The molecule has 0 spiro atoms. The molecule has 1 heterocycles. The van der Waals surface area contributed by atoms with Gasteiger partial charge < -0.3 is 4.90 Å². The number of halogens is 1. The SMILES string of the molecule is Cc1ccc(C(C)N2CC(CS(=O)(=O)F)CC2=O)cc1. The predicted octanol–water partition coefficient (Wildman–Crippen LogP) is 2.20. The van der Waals surface area contributed by atoms with Crippen molar-refractivity contribution in [2.45, 2.75) is 26.3 Å². The lowest BCUT2D eigenvalue weighted by Gasteiger charge is -2.25. The molecule has 1 aliphatic rings. The summed E-state index contributed by atoms with van der Waals surface area (Å²) in [6, 6.07) is 7.71. The van der Waals surface area contributed by atoms with Crippen molar-refractivity contribution in [2.24, 2.45) is 5.92 Å². The molecule has 1 aromatic rings. The zero-order chi connectivity index (χ0) is 14.9. The molecule has 2 rings (SSSR count). The molecule has 0 saturated carbocycles. The fourth-order valence-corrected chi connectivity index (χ4v) is 3.39. The van der Waals surface area contributed by atoms with E-state index in [2.05, 4.69) is 0 Å². The second kappa shape index (κ2) is 5.52. The van der Waals surface area contributed by atoms with Gasteiger partial charge in [0.25, 0.3) is 0 Å². The Morgan fingerprint density at radius 1 is 1.35 bits per heavy atom. The Morgan fingerprint density at radius 2 is 1.95 bits per heavy atom. The van der Waals surface area contributed by atoms with Crippen LogP contribution in [-0.4, -0.2) is 31.5 Å². The lowest BCUT2D eigenvalue weighted by molar-refractivity contribution is -0.129. The predicted molar refractivity (Wildman–Crippen MR) is 74.3 cm³/mol. The van der Waals surface area contributed by atoms with Crippen molar-refractivity contribution in [3.05, 3.63) is 35.4 Å². The van der Waals surface area contributed by atoms with Gasteiger partial charge in [0.15, 0.2) is 0 Å². The highest BCUT2D eigenvalue weighted by molar-refractivity contribution is 7.86. The Morgan fingerprint density at radius 3 is 2.50 bits per heavy atom. The maximum Gasteiger partial charge on any atom is 0.302 e. The lowest BCUT2D eigenvalue weighted by Crippen LogP contribution is -2.29. The summed E-state index contributed by atoms with van der Waals surface area (Å²) in [6.07, 6.45) is 0.0966. The molecule has 0 aromatic heterocycles. The standard InChI is InChI=1S/C14H18FNO3S/c1-10-3-5-13(6-4-10)11(2)16-8-12(7-14(16)17)9-20(15,18)19/h3-6,11-12H,7-9H2,1-2H3. The van der Waals surface area contributed by atoms with Crippen molar-refractivity contribution in [1.82, 2.24) is 4.90 Å². The van der Waals surface area contributed by atoms with Gasteiger partial charge in [-0.15, -0.1) is 3.89 Å². The Kier molecular flexibility index (Phi) is 4.13. The molecule has 4 nitrogen and oxygen atoms in total. The van der Waals surface area contributed by atoms with Crippen LogP contribution < -0.4 is 0 Å². The van der Waals surface area contributed by atoms with E-state index in [4.69, 9.17) is 0 Å². The highest BCUT2D eigenvalue weighted by Crippen LogP contribution is 2.29. The molecular formula is C14H18FNO3S. The van der Waals surface area contributed by atoms with Crippen LogP contribution in [-0.2, 0) is 15.0 Å². The van der Waals surface area contributed by atoms with Gasteiger partial charge in [0.2, 0.25) is 5.91 Å². The maximum atomic E-state index is 12.7. The van der Waals surface area contributed by atoms with Gasteiger partial charge in [0.05, 0.1) is 11.8 Å². The molecule has 6 heteroatoms. The molecule has 0 radical (unpaired) electrons. The molecule has 1 aromatic carbocycles. The van der Waals surface area contributed by atoms with E-state index in [1.54, 1.807) is 4.90 Å². The van der Waals surface area contributed by atoms with Crippen molar-refractivity contribution in [1.29, 1.82) is 0 Å². The van der Waals surface area contributed by atoms with Crippen LogP contribution in [0.4, 0.5) is 3.89 Å². The summed E-state index contributed by atoms with van der Waals surface area (Å²) in [5.41, 5.74) is 2.13. The van der Waals surface area contributed by atoms with E-state index < -0.39 is 21.9 Å². The number of amides is 1. The number of likely N-dealkylation sites (tertiary alicyclic amines) is 1. The molecule has 0 N–H and O–H groups in total. The first-order valence-electron chi connectivity index (χ1n) is 6.54. The summed E-state index contributed by atoms with van der Waals surface area (Å²) in [5, 5.41) is 0. The summed E-state index contributed by atoms with van der Waals surface area (Å²) in [5.74, 6) is -1.15. The largest absolute Gasteiger partial charge is 0.336 e. The average molecular weight is 299 g/mol. The number of aryl methyl sites for hydroxylation is 1. The van der Waals surface area contributed by atoms with Gasteiger partial charge in [-0.25, -0.2) is 0 Å². The quantitative estimate of drug-likeness (QED) is 0.801. The molecule has 1 amide bonds. The highest BCUT2D eigenvalue weighted by atomic mass is 32.3. The third kappa shape index (κ3) is 3.56. The van der Waals surface area contributed by atoms with E-state index in [0.29, 0.717) is 0 Å². The van der Waals surface area contributed by atoms with Crippen LogP contribution in [0.1, 0.15) is 30.5 Å². The van der Waals surface area contributed by atoms with E-state index in [1.165, 1.54) is 0 Å². The average Bonchev–Trinajstić information content (AvgIpc) is 2.67. The van der Waals surface area contributed by atoms with Crippen molar-refractivity contribution in [2.75, 3.05) is 12.3 Å². The second-order valence-corrected chi connectivity index (χ2v) is 6.82. The van der Waals surface area contributed by atoms with E-state index in [0.717, 1.165) is 11.1 Å². The Hall–Kier alpha value is -1.43. The number of nitrogens with zero attached hydrogens (tertiary/aromatic N) is 1. The first-order valence-corrected chi connectivity index (χ1v) is 8.10. The van der Waals surface area contributed by atoms with Crippen molar-refractivity contribution < 1.29 is 17.1 Å². The normalized spacial score (nSPS) is 21.2. The van der Waals surface area contributed by atoms with E-state index >= 15 is 0 Å². The zero-order valence-electron chi connectivity index (χ0n) is 11.5. The fraction of sp³-hybridized carbons (Fsp3) is 0.500. The van der Waals surface area contributed by atoms with Gasteiger partial charge in [0, 0.05) is 18.9 Å². The first-order chi connectivity index (χ1) is 9.26. The summed E-state index contributed by atoms with van der Waals surface area (Å²) < 4.78 is 34.1. The van der Waals surface area contributed by atoms with E-state index in [1.807, 2.05) is 38.1 Å². The van der Waals surface area contributed by atoms with Gasteiger partial charge in [-0.1, -0.05) is 29.8 Å². The summed E-state index contributed by atoms with van der Waals surface area (Å²) in [4.78, 5) is 13.6. The maximum absolute atomic E-state index is 12.7. The minimum Gasteiger partial charge on any atom is -0.336 e. The summed E-state index contributed by atoms with van der Waals surface area (Å²) >= 11 is 0. The molecular weight excluding hydrogens is 281 g/mol. The molecule has 1 saturated heterocycles. The molecule has 1 fully saturated rings. The van der Waals surface area contributed by atoms with Gasteiger partial charge in [0.1, 0.15) is 0 Å². The van der Waals surface area contributed by atoms with Crippen molar-refractivity contribution >= 4 is 16.1 Å².